The molecule has 0 atom stereocenters. The van der Waals surface area contributed by atoms with E-state index in [1.807, 2.05) is 0 Å². The summed E-state index contributed by atoms with van der Waals surface area (Å²) in [7, 11) is -4.31. The molecule has 30 heavy (non-hydrogen) atoms. The Morgan fingerprint density at radius 2 is 1.97 bits per heavy atom. The van der Waals surface area contributed by atoms with Crippen molar-refractivity contribution in [3.8, 4) is 22.8 Å². The van der Waals surface area contributed by atoms with E-state index in [9.17, 15) is 17.2 Å². The lowest BCUT2D eigenvalue weighted by Crippen LogP contribution is -2.14. The Labute approximate surface area is 177 Å². The van der Waals surface area contributed by atoms with Gasteiger partial charge in [0.2, 0.25) is 5.13 Å². The van der Waals surface area contributed by atoms with Crippen molar-refractivity contribution in [1.29, 1.82) is 0 Å². The van der Waals surface area contributed by atoms with Gasteiger partial charge < -0.3 is 4.74 Å². The molecule has 0 saturated heterocycles. The Bertz CT molecular complexity index is 1300. The Balaban J connectivity index is 1.69. The number of aromatic nitrogens is 4. The highest BCUT2D eigenvalue weighted by molar-refractivity contribution is 7.93. The lowest BCUT2D eigenvalue weighted by molar-refractivity contribution is 0.470. The molecule has 0 fully saturated rings. The molecule has 4 rings (SSSR count). The third-order valence-corrected chi connectivity index (χ3v) is 6.17. The molecule has 2 aromatic heterocycles. The lowest BCUT2D eigenvalue weighted by Gasteiger charge is -2.13. The molecule has 0 amide bonds. The van der Waals surface area contributed by atoms with E-state index < -0.39 is 26.6 Å². The van der Waals surface area contributed by atoms with Crippen molar-refractivity contribution in [2.45, 2.75) is 4.90 Å². The van der Waals surface area contributed by atoms with E-state index in [1.54, 1.807) is 6.07 Å². The average molecular weight is 470 g/mol. The van der Waals surface area contributed by atoms with Crippen LogP contribution in [0.25, 0.3) is 11.3 Å². The SMILES string of the molecule is O=S(=O)(Nc1ncns1)c1cc(Cl)c(Oc2cc(F)ccc2-c2ccn[nH]2)cc1F. The highest BCUT2D eigenvalue weighted by Gasteiger charge is 2.24. The van der Waals surface area contributed by atoms with Gasteiger partial charge in [0.05, 0.1) is 10.7 Å². The van der Waals surface area contributed by atoms with Crippen LogP contribution in [0.15, 0.2) is 53.8 Å². The van der Waals surface area contributed by atoms with Crippen LogP contribution in [0.2, 0.25) is 5.02 Å². The summed E-state index contributed by atoms with van der Waals surface area (Å²) in [6, 6.07) is 7.10. The molecule has 0 aliphatic heterocycles. The van der Waals surface area contributed by atoms with Crippen molar-refractivity contribution < 1.29 is 21.9 Å². The van der Waals surface area contributed by atoms with Gasteiger partial charge in [-0.15, -0.1) is 0 Å². The molecule has 2 N–H and O–H groups in total. The zero-order chi connectivity index (χ0) is 21.3. The third kappa shape index (κ3) is 4.10. The van der Waals surface area contributed by atoms with Crippen molar-refractivity contribution in [2.24, 2.45) is 0 Å². The molecule has 154 valence electrons. The molecule has 0 radical (unpaired) electrons. The van der Waals surface area contributed by atoms with E-state index in [1.165, 1.54) is 18.3 Å². The second-order valence-corrected chi connectivity index (χ2v) is 8.62. The number of sulfonamides is 1. The molecule has 0 saturated carbocycles. The maximum absolute atomic E-state index is 14.6. The van der Waals surface area contributed by atoms with E-state index in [0.29, 0.717) is 11.3 Å². The minimum Gasteiger partial charge on any atom is -0.455 e. The van der Waals surface area contributed by atoms with Crippen molar-refractivity contribution >= 4 is 38.3 Å². The summed E-state index contributed by atoms with van der Waals surface area (Å²) in [5.41, 5.74) is 0.974. The molecule has 0 spiro atoms. The summed E-state index contributed by atoms with van der Waals surface area (Å²) in [6.07, 6.45) is 2.65. The number of aromatic amines is 1. The summed E-state index contributed by atoms with van der Waals surface area (Å²) in [6.45, 7) is 0. The molecule has 4 aromatic rings. The summed E-state index contributed by atoms with van der Waals surface area (Å²) in [4.78, 5) is 2.98. The van der Waals surface area contributed by atoms with Gasteiger partial charge in [-0.3, -0.25) is 9.82 Å². The standard InChI is InChI=1S/C17H10ClF2N5O3S2/c18-11-6-16(30(26,27)25-17-21-8-23-29-17)12(20)7-15(11)28-14-5-9(19)1-2-10(14)13-3-4-22-24-13/h1-8H,(H,22,24)(H,21,23,25). The molecule has 0 aliphatic rings. The molecule has 2 aromatic carbocycles. The Kier molecular flexibility index (Phi) is 5.37. The maximum Gasteiger partial charge on any atom is 0.266 e. The van der Waals surface area contributed by atoms with Gasteiger partial charge in [-0.2, -0.15) is 9.47 Å². The van der Waals surface area contributed by atoms with Crippen LogP contribution in [0.3, 0.4) is 0 Å². The minimum atomic E-state index is -4.31. The van der Waals surface area contributed by atoms with Crippen molar-refractivity contribution in [2.75, 3.05) is 4.72 Å². The van der Waals surface area contributed by atoms with Crippen LogP contribution in [-0.2, 0) is 10.0 Å². The summed E-state index contributed by atoms with van der Waals surface area (Å²) < 4.78 is 64.6. The average Bonchev–Trinajstić information content (AvgIpc) is 3.38. The largest absolute Gasteiger partial charge is 0.455 e. The molecule has 0 aliphatic carbocycles. The van der Waals surface area contributed by atoms with Gasteiger partial charge in [-0.1, -0.05) is 11.6 Å². The Hall–Kier alpha value is -3.09. The zero-order valence-corrected chi connectivity index (χ0v) is 17.0. The first kappa shape index (κ1) is 20.2. The first-order valence-electron chi connectivity index (χ1n) is 8.09. The molecular formula is C17H10ClF2N5O3S2. The quantitative estimate of drug-likeness (QED) is 0.431. The van der Waals surface area contributed by atoms with Crippen LogP contribution in [0.4, 0.5) is 13.9 Å². The van der Waals surface area contributed by atoms with Crippen LogP contribution in [-0.4, -0.2) is 28.0 Å². The number of anilines is 1. The van der Waals surface area contributed by atoms with Gasteiger partial charge in [-0.05, 0) is 24.3 Å². The maximum atomic E-state index is 14.6. The first-order valence-corrected chi connectivity index (χ1v) is 10.7. The lowest BCUT2D eigenvalue weighted by atomic mass is 10.1. The Morgan fingerprint density at radius 3 is 2.67 bits per heavy atom. The fraction of sp³-hybridized carbons (Fsp3) is 0. The number of benzene rings is 2. The fourth-order valence-corrected chi connectivity index (χ4v) is 4.52. The molecule has 2 heterocycles. The first-order chi connectivity index (χ1) is 14.3. The topological polar surface area (TPSA) is 110 Å². The van der Waals surface area contributed by atoms with Crippen molar-refractivity contribution in [3.05, 3.63) is 65.6 Å². The van der Waals surface area contributed by atoms with E-state index in [4.69, 9.17) is 16.3 Å². The van der Waals surface area contributed by atoms with Crippen LogP contribution >= 0.6 is 23.1 Å². The number of rotatable bonds is 6. The number of H-pyrrole nitrogens is 1. The number of hydrogen-bond acceptors (Lipinski definition) is 7. The molecule has 0 bridgehead atoms. The number of hydrogen-bond donors (Lipinski definition) is 2. The third-order valence-electron chi connectivity index (χ3n) is 3.81. The van der Waals surface area contributed by atoms with E-state index in [0.717, 1.165) is 36.1 Å². The van der Waals surface area contributed by atoms with Crippen LogP contribution in [0, 0.1) is 11.6 Å². The van der Waals surface area contributed by atoms with E-state index in [2.05, 4.69) is 24.3 Å². The number of nitrogens with zero attached hydrogens (tertiary/aromatic N) is 3. The van der Waals surface area contributed by atoms with E-state index in [-0.39, 0.29) is 21.7 Å². The van der Waals surface area contributed by atoms with Crippen LogP contribution < -0.4 is 9.46 Å². The van der Waals surface area contributed by atoms with Crippen LogP contribution in [0.1, 0.15) is 0 Å². The fourth-order valence-electron chi connectivity index (χ4n) is 2.51. The van der Waals surface area contributed by atoms with Gasteiger partial charge in [-0.25, -0.2) is 22.2 Å². The molecular weight excluding hydrogens is 460 g/mol. The zero-order valence-electron chi connectivity index (χ0n) is 14.6. The Morgan fingerprint density at radius 1 is 1.13 bits per heavy atom. The van der Waals surface area contributed by atoms with Crippen LogP contribution in [0.5, 0.6) is 11.5 Å². The van der Waals surface area contributed by atoms with Gasteiger partial charge in [0.1, 0.15) is 34.4 Å². The smallest absolute Gasteiger partial charge is 0.266 e. The van der Waals surface area contributed by atoms with E-state index >= 15 is 0 Å². The van der Waals surface area contributed by atoms with Gasteiger partial charge in [0.15, 0.2) is 0 Å². The van der Waals surface area contributed by atoms with Crippen molar-refractivity contribution in [1.82, 2.24) is 19.6 Å². The second-order valence-electron chi connectivity index (χ2n) is 5.78. The predicted molar refractivity (Wildman–Crippen MR) is 106 cm³/mol. The van der Waals surface area contributed by atoms with Gasteiger partial charge >= 0.3 is 0 Å². The highest BCUT2D eigenvalue weighted by atomic mass is 35.5. The predicted octanol–water partition coefficient (Wildman–Crippen LogP) is 4.45. The summed E-state index contributed by atoms with van der Waals surface area (Å²) >= 11 is 6.92. The second kappa shape index (κ2) is 7.97. The molecule has 13 heteroatoms. The number of ether oxygens (including phenoxy) is 1. The number of nitrogens with one attached hydrogen (secondary N) is 2. The minimum absolute atomic E-state index is 0.0307. The van der Waals surface area contributed by atoms with Gasteiger partial charge in [0, 0.05) is 35.4 Å². The van der Waals surface area contributed by atoms with Gasteiger partial charge in [0.25, 0.3) is 10.0 Å². The summed E-state index contributed by atoms with van der Waals surface area (Å²) in [5, 5.41) is 6.31. The monoisotopic (exact) mass is 469 g/mol. The number of halogens is 3. The molecule has 0 unspecified atom stereocenters. The molecule has 8 nitrogen and oxygen atoms in total. The summed E-state index contributed by atoms with van der Waals surface area (Å²) in [5.74, 6) is -1.88. The highest BCUT2D eigenvalue weighted by Crippen LogP contribution is 2.38. The van der Waals surface area contributed by atoms with Crippen molar-refractivity contribution in [3.63, 3.8) is 0 Å². The normalized spacial score (nSPS) is 11.4.